The average Bonchev–Trinajstić information content (AvgIpc) is 3.43. The van der Waals surface area contributed by atoms with E-state index in [1.165, 1.54) is 11.3 Å². The van der Waals surface area contributed by atoms with Gasteiger partial charge in [0.25, 0.3) is 5.91 Å². The Hall–Kier alpha value is -3.07. The number of para-hydroxylation sites is 1. The van der Waals surface area contributed by atoms with Crippen LogP contribution < -0.4 is 15.2 Å². The SMILES string of the molecule is O=C(c1cccc2c1OCCO2)N1CCC(Cc2n[nH]c(=O)n2-c2cccs2)CC1. The smallest absolute Gasteiger partial charge is 0.348 e. The summed E-state index contributed by atoms with van der Waals surface area (Å²) in [5, 5.41) is 9.62. The fraction of sp³-hybridized carbons (Fsp3) is 0.381. The molecule has 1 saturated heterocycles. The molecule has 1 fully saturated rings. The van der Waals surface area contributed by atoms with Crippen molar-refractivity contribution in [2.45, 2.75) is 19.3 Å². The molecule has 1 aromatic carbocycles. The summed E-state index contributed by atoms with van der Waals surface area (Å²) in [4.78, 5) is 27.1. The number of likely N-dealkylation sites (tertiary alicyclic amines) is 1. The van der Waals surface area contributed by atoms with Crippen LogP contribution in [0.15, 0.2) is 40.5 Å². The van der Waals surface area contributed by atoms with Crippen LogP contribution in [0.2, 0.25) is 0 Å². The summed E-state index contributed by atoms with van der Waals surface area (Å²) in [7, 11) is 0. The minimum atomic E-state index is -0.212. The molecule has 0 radical (unpaired) electrons. The summed E-state index contributed by atoms with van der Waals surface area (Å²) in [6, 6.07) is 9.29. The summed E-state index contributed by atoms with van der Waals surface area (Å²) in [6.45, 7) is 2.29. The molecule has 1 N–H and O–H groups in total. The van der Waals surface area contributed by atoms with Crippen molar-refractivity contribution >= 4 is 17.2 Å². The zero-order valence-electron chi connectivity index (χ0n) is 16.4. The molecule has 0 atom stereocenters. The summed E-state index contributed by atoms with van der Waals surface area (Å²) >= 11 is 1.51. The molecule has 30 heavy (non-hydrogen) atoms. The number of carbonyl (C=O) groups excluding carboxylic acids is 1. The van der Waals surface area contributed by atoms with Gasteiger partial charge in [-0.15, -0.1) is 11.3 Å². The Morgan fingerprint density at radius 2 is 2.00 bits per heavy atom. The molecule has 9 heteroatoms. The van der Waals surface area contributed by atoms with Crippen molar-refractivity contribution in [3.8, 4) is 16.5 Å². The topological polar surface area (TPSA) is 89.5 Å². The number of carbonyl (C=O) groups is 1. The summed E-state index contributed by atoms with van der Waals surface area (Å²) in [6.07, 6.45) is 2.43. The lowest BCUT2D eigenvalue weighted by Gasteiger charge is -2.32. The lowest BCUT2D eigenvalue weighted by atomic mass is 9.92. The number of ether oxygens (including phenoxy) is 2. The van der Waals surface area contributed by atoms with E-state index in [0.29, 0.717) is 55.7 Å². The average molecular weight is 426 g/mol. The van der Waals surface area contributed by atoms with Crippen LogP contribution in [0.4, 0.5) is 0 Å². The molecule has 156 valence electrons. The molecule has 0 saturated carbocycles. The van der Waals surface area contributed by atoms with Crippen LogP contribution in [0.1, 0.15) is 29.0 Å². The molecule has 8 nitrogen and oxygen atoms in total. The number of aromatic nitrogens is 3. The number of nitrogens with one attached hydrogen (secondary N) is 1. The Morgan fingerprint density at radius 3 is 2.80 bits per heavy atom. The molecule has 1 amide bonds. The maximum atomic E-state index is 13.1. The Labute approximate surface area is 177 Å². The van der Waals surface area contributed by atoms with Gasteiger partial charge >= 0.3 is 5.69 Å². The largest absolute Gasteiger partial charge is 0.486 e. The second kappa shape index (κ2) is 7.98. The number of H-pyrrole nitrogens is 1. The number of thiophene rings is 1. The Balaban J connectivity index is 1.26. The quantitative estimate of drug-likeness (QED) is 0.692. The first-order chi connectivity index (χ1) is 14.7. The zero-order valence-corrected chi connectivity index (χ0v) is 17.2. The molecule has 3 aromatic rings. The number of amides is 1. The second-order valence-corrected chi connectivity index (χ2v) is 8.43. The molecule has 0 unspecified atom stereocenters. The van der Waals surface area contributed by atoms with Crippen molar-refractivity contribution in [1.82, 2.24) is 19.7 Å². The van der Waals surface area contributed by atoms with Gasteiger partial charge in [0.2, 0.25) is 0 Å². The van der Waals surface area contributed by atoms with E-state index in [0.717, 1.165) is 23.7 Å². The number of rotatable bonds is 4. The number of piperidine rings is 1. The maximum absolute atomic E-state index is 13.1. The molecular weight excluding hydrogens is 404 g/mol. The third-order valence-electron chi connectivity index (χ3n) is 5.64. The maximum Gasteiger partial charge on any atom is 0.348 e. The summed E-state index contributed by atoms with van der Waals surface area (Å²) in [5.41, 5.74) is 0.348. The molecule has 0 bridgehead atoms. The van der Waals surface area contributed by atoms with E-state index in [-0.39, 0.29) is 11.6 Å². The third-order valence-corrected chi connectivity index (χ3v) is 6.49. The van der Waals surface area contributed by atoms with Gasteiger partial charge in [-0.05, 0) is 48.4 Å². The fourth-order valence-corrected chi connectivity index (χ4v) is 4.85. The molecule has 0 aliphatic carbocycles. The molecule has 4 heterocycles. The fourth-order valence-electron chi connectivity index (χ4n) is 4.10. The van der Waals surface area contributed by atoms with Crippen molar-refractivity contribution in [3.05, 3.63) is 57.6 Å². The minimum Gasteiger partial charge on any atom is -0.486 e. The summed E-state index contributed by atoms with van der Waals surface area (Å²) < 4.78 is 12.9. The van der Waals surface area contributed by atoms with Gasteiger partial charge in [-0.1, -0.05) is 6.07 Å². The van der Waals surface area contributed by atoms with E-state index in [1.54, 1.807) is 10.6 Å². The van der Waals surface area contributed by atoms with Gasteiger partial charge in [-0.2, -0.15) is 5.10 Å². The number of fused-ring (bicyclic) bond motifs is 1. The lowest BCUT2D eigenvalue weighted by Crippen LogP contribution is -2.39. The Bertz CT molecular complexity index is 1100. The van der Waals surface area contributed by atoms with E-state index in [4.69, 9.17) is 9.47 Å². The predicted octanol–water partition coefficient (Wildman–Crippen LogP) is 2.49. The molecular formula is C21H22N4O4S. The summed E-state index contributed by atoms with van der Waals surface area (Å²) in [5.74, 6) is 2.27. The van der Waals surface area contributed by atoms with Crippen LogP contribution in [0, 0.1) is 5.92 Å². The van der Waals surface area contributed by atoms with E-state index in [9.17, 15) is 9.59 Å². The van der Waals surface area contributed by atoms with E-state index < -0.39 is 0 Å². The van der Waals surface area contributed by atoms with Crippen LogP contribution >= 0.6 is 11.3 Å². The lowest BCUT2D eigenvalue weighted by molar-refractivity contribution is 0.0679. The first kappa shape index (κ1) is 18.9. The standard InChI is InChI=1S/C21H22N4O4S/c26-20(15-3-1-4-16-19(15)29-11-10-28-16)24-8-6-14(7-9-24)13-17-22-23-21(27)25(17)18-5-2-12-30-18/h1-5,12,14H,6-11,13H2,(H,23,27). The van der Waals surface area contributed by atoms with Gasteiger partial charge in [0, 0.05) is 19.5 Å². The number of nitrogens with zero attached hydrogens (tertiary/aromatic N) is 3. The van der Waals surface area contributed by atoms with Gasteiger partial charge in [-0.3, -0.25) is 4.79 Å². The van der Waals surface area contributed by atoms with Crippen LogP contribution in [-0.2, 0) is 6.42 Å². The second-order valence-electron chi connectivity index (χ2n) is 7.50. The van der Waals surface area contributed by atoms with Gasteiger partial charge < -0.3 is 14.4 Å². The number of hydrogen-bond donors (Lipinski definition) is 1. The first-order valence-electron chi connectivity index (χ1n) is 10.1. The Kier molecular flexibility index (Phi) is 5.04. The first-order valence-corrected chi connectivity index (χ1v) is 11.0. The monoisotopic (exact) mass is 426 g/mol. The van der Waals surface area contributed by atoms with Crippen molar-refractivity contribution in [1.29, 1.82) is 0 Å². The Morgan fingerprint density at radius 1 is 1.17 bits per heavy atom. The predicted molar refractivity (Wildman–Crippen MR) is 112 cm³/mol. The van der Waals surface area contributed by atoms with E-state index in [2.05, 4.69) is 10.2 Å². The van der Waals surface area contributed by atoms with Crippen molar-refractivity contribution in [2.24, 2.45) is 5.92 Å². The highest BCUT2D eigenvalue weighted by Crippen LogP contribution is 2.35. The molecule has 2 aliphatic rings. The zero-order chi connectivity index (χ0) is 20.5. The van der Waals surface area contributed by atoms with Gasteiger partial charge in [-0.25, -0.2) is 14.5 Å². The molecule has 2 aliphatic heterocycles. The van der Waals surface area contributed by atoms with Crippen molar-refractivity contribution in [2.75, 3.05) is 26.3 Å². The number of benzene rings is 1. The van der Waals surface area contributed by atoms with E-state index >= 15 is 0 Å². The van der Waals surface area contributed by atoms with Crippen LogP contribution in [0.3, 0.4) is 0 Å². The normalized spacial score (nSPS) is 16.6. The molecule has 0 spiro atoms. The number of hydrogen-bond acceptors (Lipinski definition) is 6. The highest BCUT2D eigenvalue weighted by atomic mass is 32.1. The van der Waals surface area contributed by atoms with Gasteiger partial charge in [0.1, 0.15) is 24.0 Å². The molecule has 2 aromatic heterocycles. The number of aromatic amines is 1. The van der Waals surface area contributed by atoms with Crippen LogP contribution in [0.25, 0.3) is 5.00 Å². The minimum absolute atomic E-state index is 0.0222. The van der Waals surface area contributed by atoms with Crippen molar-refractivity contribution in [3.63, 3.8) is 0 Å². The highest BCUT2D eigenvalue weighted by Gasteiger charge is 2.28. The van der Waals surface area contributed by atoms with Crippen LogP contribution in [-0.4, -0.2) is 51.9 Å². The molecule has 5 rings (SSSR count). The van der Waals surface area contributed by atoms with Crippen LogP contribution in [0.5, 0.6) is 11.5 Å². The van der Waals surface area contributed by atoms with Gasteiger partial charge in [0.05, 0.1) is 5.56 Å². The van der Waals surface area contributed by atoms with Gasteiger partial charge in [0.15, 0.2) is 11.5 Å². The van der Waals surface area contributed by atoms with Crippen molar-refractivity contribution < 1.29 is 14.3 Å². The van der Waals surface area contributed by atoms with E-state index in [1.807, 2.05) is 34.5 Å². The highest BCUT2D eigenvalue weighted by molar-refractivity contribution is 7.12. The third kappa shape index (κ3) is 3.49.